The van der Waals surface area contributed by atoms with Crippen molar-refractivity contribution in [3.05, 3.63) is 48.0 Å². The van der Waals surface area contributed by atoms with E-state index in [1.165, 1.54) is 0 Å². The zero-order valence-electron chi connectivity index (χ0n) is 12.0. The number of aromatic nitrogens is 2. The van der Waals surface area contributed by atoms with Crippen LogP contribution in [-0.4, -0.2) is 21.5 Å². The third kappa shape index (κ3) is 3.05. The number of aryl methyl sites for hydroxylation is 1. The number of nitrogens with one attached hydrogen (secondary N) is 1. The molecule has 1 aromatic heterocycles. The van der Waals surface area contributed by atoms with Crippen molar-refractivity contribution in [2.45, 2.75) is 32.9 Å². The molecule has 1 aromatic carbocycles. The molecule has 5 heteroatoms. The molecular weight excluding hydrogens is 252 g/mol. The molecule has 0 spiro atoms. The van der Waals surface area contributed by atoms with Crippen molar-refractivity contribution in [2.24, 2.45) is 5.73 Å². The maximum Gasteiger partial charge on any atom is 0.237 e. The van der Waals surface area contributed by atoms with Gasteiger partial charge in [0.2, 0.25) is 5.91 Å². The van der Waals surface area contributed by atoms with Crippen LogP contribution >= 0.6 is 0 Å². The molecule has 0 bridgehead atoms. The first-order valence-corrected chi connectivity index (χ1v) is 6.65. The van der Waals surface area contributed by atoms with E-state index in [1.54, 1.807) is 13.1 Å². The number of nitrogens with zero attached hydrogens (tertiary/aromatic N) is 2. The molecule has 2 aromatic rings. The van der Waals surface area contributed by atoms with E-state index < -0.39 is 6.04 Å². The zero-order chi connectivity index (χ0) is 14.7. The maximum absolute atomic E-state index is 11.6. The Morgan fingerprint density at radius 2 is 1.95 bits per heavy atom. The highest BCUT2D eigenvalue weighted by Crippen LogP contribution is 2.16. The Bertz CT molecular complexity index is 586. The molecule has 0 aliphatic rings. The minimum absolute atomic E-state index is 0.0635. The van der Waals surface area contributed by atoms with E-state index in [-0.39, 0.29) is 11.9 Å². The number of benzene rings is 1. The quantitative estimate of drug-likeness (QED) is 0.889. The minimum Gasteiger partial charge on any atom is -0.348 e. The number of hydrogen-bond acceptors (Lipinski definition) is 3. The monoisotopic (exact) mass is 272 g/mol. The van der Waals surface area contributed by atoms with Gasteiger partial charge in [-0.25, -0.2) is 4.98 Å². The summed E-state index contributed by atoms with van der Waals surface area (Å²) in [6, 6.07) is 7.47. The predicted octanol–water partition coefficient (Wildman–Crippen LogP) is 1.71. The second-order valence-corrected chi connectivity index (χ2v) is 4.95. The van der Waals surface area contributed by atoms with Crippen LogP contribution in [0.2, 0.25) is 0 Å². The molecule has 0 fully saturated rings. The topological polar surface area (TPSA) is 72.9 Å². The van der Waals surface area contributed by atoms with Gasteiger partial charge in [0.05, 0.1) is 12.1 Å². The Morgan fingerprint density at radius 1 is 1.30 bits per heavy atom. The number of carbonyl (C=O) groups is 1. The smallest absolute Gasteiger partial charge is 0.237 e. The molecule has 20 heavy (non-hydrogen) atoms. The van der Waals surface area contributed by atoms with Crippen molar-refractivity contribution in [3.8, 4) is 5.69 Å². The van der Waals surface area contributed by atoms with Crippen LogP contribution in [0.1, 0.15) is 31.3 Å². The van der Waals surface area contributed by atoms with Crippen LogP contribution in [0.5, 0.6) is 0 Å². The molecular formula is C15H20N4O. The summed E-state index contributed by atoms with van der Waals surface area (Å²) in [5.41, 5.74) is 7.64. The fourth-order valence-electron chi connectivity index (χ4n) is 2.00. The van der Waals surface area contributed by atoms with Crippen molar-refractivity contribution < 1.29 is 4.79 Å². The average molecular weight is 272 g/mol. The molecule has 0 aliphatic carbocycles. The van der Waals surface area contributed by atoms with E-state index in [0.29, 0.717) is 0 Å². The molecule has 5 nitrogen and oxygen atoms in total. The van der Waals surface area contributed by atoms with Crippen molar-refractivity contribution in [2.75, 3.05) is 0 Å². The fourth-order valence-corrected chi connectivity index (χ4v) is 2.00. The van der Waals surface area contributed by atoms with Crippen molar-refractivity contribution >= 4 is 5.91 Å². The Balaban J connectivity index is 2.12. The first kappa shape index (κ1) is 14.3. The second kappa shape index (κ2) is 5.88. The van der Waals surface area contributed by atoms with Crippen LogP contribution in [0.3, 0.4) is 0 Å². The molecule has 2 atom stereocenters. The van der Waals surface area contributed by atoms with Gasteiger partial charge >= 0.3 is 0 Å². The summed E-state index contributed by atoms with van der Waals surface area (Å²) in [5, 5.41) is 2.88. The Labute approximate surface area is 118 Å². The highest BCUT2D eigenvalue weighted by molar-refractivity contribution is 5.81. The largest absolute Gasteiger partial charge is 0.348 e. The van der Waals surface area contributed by atoms with Gasteiger partial charge in [0.15, 0.2) is 0 Å². The van der Waals surface area contributed by atoms with Gasteiger partial charge in [-0.05, 0) is 38.5 Å². The lowest BCUT2D eigenvalue weighted by Gasteiger charge is -2.16. The summed E-state index contributed by atoms with van der Waals surface area (Å²) in [6.07, 6.45) is 3.69. The van der Waals surface area contributed by atoms with Crippen LogP contribution in [0.25, 0.3) is 5.69 Å². The Kier molecular flexibility index (Phi) is 4.20. The zero-order valence-corrected chi connectivity index (χ0v) is 12.0. The van der Waals surface area contributed by atoms with Crippen molar-refractivity contribution in [3.63, 3.8) is 0 Å². The Hall–Kier alpha value is -2.14. The number of hydrogen-bond donors (Lipinski definition) is 2. The lowest BCUT2D eigenvalue weighted by atomic mass is 10.1. The van der Waals surface area contributed by atoms with Crippen LogP contribution < -0.4 is 11.1 Å². The minimum atomic E-state index is -0.495. The van der Waals surface area contributed by atoms with Crippen LogP contribution in [0, 0.1) is 6.92 Å². The van der Waals surface area contributed by atoms with Gasteiger partial charge in [-0.15, -0.1) is 0 Å². The first-order chi connectivity index (χ1) is 9.49. The highest BCUT2D eigenvalue weighted by atomic mass is 16.2. The molecule has 3 N–H and O–H groups in total. The fraction of sp³-hybridized carbons (Fsp3) is 0.333. The van der Waals surface area contributed by atoms with Gasteiger partial charge in [0, 0.05) is 18.1 Å². The molecule has 1 unspecified atom stereocenters. The van der Waals surface area contributed by atoms with E-state index in [4.69, 9.17) is 5.73 Å². The summed E-state index contributed by atoms with van der Waals surface area (Å²) in [6.45, 7) is 5.57. The second-order valence-electron chi connectivity index (χ2n) is 4.95. The van der Waals surface area contributed by atoms with E-state index in [2.05, 4.69) is 10.3 Å². The van der Waals surface area contributed by atoms with Crippen LogP contribution in [0.4, 0.5) is 0 Å². The molecule has 2 rings (SSSR count). The lowest BCUT2D eigenvalue weighted by molar-refractivity contribution is -0.122. The van der Waals surface area contributed by atoms with E-state index in [0.717, 1.165) is 17.1 Å². The average Bonchev–Trinajstić information content (AvgIpc) is 2.85. The number of imidazole rings is 1. The van der Waals surface area contributed by atoms with Gasteiger partial charge in [-0.3, -0.25) is 4.79 Å². The normalized spacial score (nSPS) is 13.8. The van der Waals surface area contributed by atoms with Crippen LogP contribution in [-0.2, 0) is 4.79 Å². The molecule has 0 saturated carbocycles. The first-order valence-electron chi connectivity index (χ1n) is 6.65. The number of carbonyl (C=O) groups excluding carboxylic acids is 1. The van der Waals surface area contributed by atoms with E-state index >= 15 is 0 Å². The number of nitrogens with two attached hydrogens (primary N) is 1. The molecule has 1 heterocycles. The van der Waals surface area contributed by atoms with Gasteiger partial charge in [-0.2, -0.15) is 0 Å². The predicted molar refractivity (Wildman–Crippen MR) is 78.5 cm³/mol. The Morgan fingerprint density at radius 3 is 2.45 bits per heavy atom. The molecule has 106 valence electrons. The van der Waals surface area contributed by atoms with Gasteiger partial charge in [0.1, 0.15) is 5.82 Å². The summed E-state index contributed by atoms with van der Waals surface area (Å²) < 4.78 is 2.01. The van der Waals surface area contributed by atoms with E-state index in [9.17, 15) is 4.79 Å². The van der Waals surface area contributed by atoms with Crippen molar-refractivity contribution in [1.82, 2.24) is 14.9 Å². The highest BCUT2D eigenvalue weighted by Gasteiger charge is 2.12. The standard InChI is InChI=1S/C15H20N4O/c1-10(16)15(20)18-11(2)13-4-6-14(7-5-13)19-9-8-17-12(19)3/h4-11H,16H2,1-3H3,(H,18,20)/t10-,11?/m1/s1. The molecule has 0 saturated heterocycles. The van der Waals surface area contributed by atoms with Gasteiger partial charge in [-0.1, -0.05) is 12.1 Å². The molecule has 0 radical (unpaired) electrons. The van der Waals surface area contributed by atoms with Crippen molar-refractivity contribution in [1.29, 1.82) is 0 Å². The van der Waals surface area contributed by atoms with E-state index in [1.807, 2.05) is 48.9 Å². The van der Waals surface area contributed by atoms with Gasteiger partial charge < -0.3 is 15.6 Å². The maximum atomic E-state index is 11.6. The summed E-state index contributed by atoms with van der Waals surface area (Å²) in [4.78, 5) is 15.8. The summed E-state index contributed by atoms with van der Waals surface area (Å²) >= 11 is 0. The summed E-state index contributed by atoms with van der Waals surface area (Å²) in [5.74, 6) is 0.795. The number of rotatable bonds is 4. The number of amides is 1. The summed E-state index contributed by atoms with van der Waals surface area (Å²) in [7, 11) is 0. The third-order valence-corrected chi connectivity index (χ3v) is 3.27. The molecule has 1 amide bonds. The SMILES string of the molecule is Cc1nccn1-c1ccc(C(C)NC(=O)[C@@H](C)N)cc1. The van der Waals surface area contributed by atoms with Gasteiger partial charge in [0.25, 0.3) is 0 Å². The molecule has 0 aliphatic heterocycles. The third-order valence-electron chi connectivity index (χ3n) is 3.27. The lowest BCUT2D eigenvalue weighted by Crippen LogP contribution is -2.39. The van der Waals surface area contributed by atoms with Crippen LogP contribution in [0.15, 0.2) is 36.7 Å².